The summed E-state index contributed by atoms with van der Waals surface area (Å²) in [6.07, 6.45) is 7.94. The summed E-state index contributed by atoms with van der Waals surface area (Å²) in [7, 11) is 0. The number of hydrogen-bond donors (Lipinski definition) is 11. The molecule has 16 N–H and O–H groups in total. The molecule has 0 aromatic rings. The molecule has 44 heavy (non-hydrogen) atoms. The molecule has 11 atom stereocenters. The Balaban J connectivity index is 0.000000299. The molecule has 2 saturated heterocycles. The molecule has 1 saturated carbocycles. The lowest BCUT2D eigenvalue weighted by Crippen LogP contribution is -2.62. The van der Waals surface area contributed by atoms with E-state index in [1.54, 1.807) is 0 Å². The quantitative estimate of drug-likeness (QED) is 0.132. The van der Waals surface area contributed by atoms with Gasteiger partial charge in [0.05, 0.1) is 44.1 Å². The van der Waals surface area contributed by atoms with Crippen molar-refractivity contribution in [1.82, 2.24) is 5.32 Å². The van der Waals surface area contributed by atoms with E-state index in [1.807, 2.05) is 0 Å². The van der Waals surface area contributed by atoms with E-state index in [1.165, 1.54) is 6.42 Å². The van der Waals surface area contributed by atoms with Gasteiger partial charge in [-0.1, -0.05) is 20.3 Å². The Kier molecular flexibility index (Phi) is 21.8. The topological polar surface area (TPSA) is 271 Å². The van der Waals surface area contributed by atoms with E-state index in [0.717, 1.165) is 63.7 Å². The van der Waals surface area contributed by atoms with Crippen LogP contribution in [0.15, 0.2) is 11.8 Å². The minimum Gasteiger partial charge on any atom is -0.497 e. The predicted molar refractivity (Wildman–Crippen MR) is 170 cm³/mol. The normalized spacial score (nSPS) is 35.8. The Bertz CT molecular complexity index is 742. The summed E-state index contributed by atoms with van der Waals surface area (Å²) in [5, 5.41) is 49.0. The number of hydrogen-bond acceptors (Lipinski definition) is 14. The molecule has 3 heterocycles. The fraction of sp³-hybridized carbons (Fsp3) is 0.933. The molecule has 1 aliphatic carbocycles. The van der Waals surface area contributed by atoms with Crippen LogP contribution in [0.3, 0.4) is 0 Å². The SMILES string of the molecule is CC1CC(N)CC(NCC(O)CN)C1.CCC[C@H]1CCC(CO)O1.NCC1=CCCCO1.NC[C@@H]1O[C@H](O)[C@H](N)C(O)[C@@H]1O. The minimum absolute atomic E-state index is 0.0298. The van der Waals surface area contributed by atoms with E-state index in [4.69, 9.17) is 53.1 Å². The highest BCUT2D eigenvalue weighted by atomic mass is 16.6. The van der Waals surface area contributed by atoms with Crippen molar-refractivity contribution in [1.29, 1.82) is 0 Å². The summed E-state index contributed by atoms with van der Waals surface area (Å²) in [5.74, 6) is 1.64. The van der Waals surface area contributed by atoms with Crippen LogP contribution in [-0.2, 0) is 14.2 Å². The van der Waals surface area contributed by atoms with Crippen molar-refractivity contribution in [3.8, 4) is 0 Å². The van der Waals surface area contributed by atoms with Gasteiger partial charge >= 0.3 is 0 Å². The van der Waals surface area contributed by atoms with Gasteiger partial charge in [-0.3, -0.25) is 0 Å². The number of rotatable bonds is 9. The molecule has 14 heteroatoms. The highest BCUT2D eigenvalue weighted by Crippen LogP contribution is 2.23. The van der Waals surface area contributed by atoms with Gasteiger partial charge in [0.2, 0.25) is 0 Å². The number of nitrogens with one attached hydrogen (secondary N) is 1. The fourth-order valence-electron chi connectivity index (χ4n) is 5.57. The van der Waals surface area contributed by atoms with Crippen molar-refractivity contribution >= 4 is 0 Å². The summed E-state index contributed by atoms with van der Waals surface area (Å²) in [6.45, 7) is 6.93. The summed E-state index contributed by atoms with van der Waals surface area (Å²) < 4.78 is 15.5. The summed E-state index contributed by atoms with van der Waals surface area (Å²) in [4.78, 5) is 0. The number of aliphatic hydroxyl groups is 5. The van der Waals surface area contributed by atoms with Gasteiger partial charge in [-0.05, 0) is 63.4 Å². The number of nitrogens with two attached hydrogens (primary N) is 5. The van der Waals surface area contributed by atoms with Gasteiger partial charge in [0.25, 0.3) is 0 Å². The highest BCUT2D eigenvalue weighted by molar-refractivity contribution is 4.96. The van der Waals surface area contributed by atoms with E-state index < -0.39 is 36.7 Å². The van der Waals surface area contributed by atoms with Crippen molar-refractivity contribution in [2.24, 2.45) is 34.6 Å². The molecule has 0 aromatic heterocycles. The molecule has 0 aromatic carbocycles. The van der Waals surface area contributed by atoms with Crippen LogP contribution in [0.4, 0.5) is 0 Å². The van der Waals surface area contributed by atoms with Gasteiger partial charge in [-0.2, -0.15) is 0 Å². The molecule has 6 unspecified atom stereocenters. The number of aliphatic hydroxyl groups excluding tert-OH is 5. The second kappa shape index (κ2) is 23.4. The zero-order valence-electron chi connectivity index (χ0n) is 26.9. The Morgan fingerprint density at radius 1 is 1.00 bits per heavy atom. The summed E-state index contributed by atoms with van der Waals surface area (Å²) in [6, 6.07) is -0.219. The molecule has 4 rings (SSSR count). The van der Waals surface area contributed by atoms with E-state index in [0.29, 0.717) is 43.7 Å². The lowest BCUT2D eigenvalue weighted by Gasteiger charge is -2.38. The van der Waals surface area contributed by atoms with E-state index in [-0.39, 0.29) is 19.3 Å². The summed E-state index contributed by atoms with van der Waals surface area (Å²) >= 11 is 0. The molecular formula is C30H64N6O8. The fourth-order valence-corrected chi connectivity index (χ4v) is 5.57. The first-order valence-corrected chi connectivity index (χ1v) is 16.3. The third kappa shape index (κ3) is 16.0. The molecular weight excluding hydrogens is 572 g/mol. The lowest BCUT2D eigenvalue weighted by molar-refractivity contribution is -0.238. The Labute approximate surface area is 263 Å². The molecule has 0 bridgehead atoms. The molecule has 0 radical (unpaired) electrons. The van der Waals surface area contributed by atoms with Crippen molar-refractivity contribution in [2.45, 2.75) is 133 Å². The van der Waals surface area contributed by atoms with Crippen LogP contribution in [0.25, 0.3) is 0 Å². The third-order valence-corrected chi connectivity index (χ3v) is 8.11. The van der Waals surface area contributed by atoms with Gasteiger partial charge in [0.1, 0.15) is 24.1 Å². The second-order valence-electron chi connectivity index (χ2n) is 12.2. The van der Waals surface area contributed by atoms with Crippen LogP contribution in [0.5, 0.6) is 0 Å². The highest BCUT2D eigenvalue weighted by Gasteiger charge is 2.41. The van der Waals surface area contributed by atoms with Crippen molar-refractivity contribution in [3.63, 3.8) is 0 Å². The van der Waals surface area contributed by atoms with Gasteiger partial charge in [0.15, 0.2) is 6.29 Å². The molecule has 0 spiro atoms. The molecule has 3 fully saturated rings. The molecule has 14 nitrogen and oxygen atoms in total. The zero-order chi connectivity index (χ0) is 33.1. The standard InChI is InChI=1S/C10H23N3O.C8H16O2.C6H14N2O4.C6H11NO/c1-7-2-8(12)4-9(3-7)13-6-10(14)5-11;1-2-3-7-4-5-8(6-9)10-7;7-1-2-4(9)5(10)3(8)6(11)12-2;7-5-6-3-1-2-4-8-6/h7-10,13-14H,2-6,11-12H2,1H3;7-9H,2-6H2,1H3;2-6,9-11H,1,7-8H2;3H,1-2,4-5,7H2/t;7-,8?;2-,3+,4+,5?,6-;/m.00./s1. The molecule has 0 amide bonds. The first-order valence-electron chi connectivity index (χ1n) is 16.3. The first-order chi connectivity index (χ1) is 21.0. The Morgan fingerprint density at radius 3 is 2.20 bits per heavy atom. The van der Waals surface area contributed by atoms with Crippen molar-refractivity contribution in [2.75, 3.05) is 39.4 Å². The van der Waals surface area contributed by atoms with Crippen LogP contribution in [0.1, 0.15) is 71.6 Å². The smallest absolute Gasteiger partial charge is 0.172 e. The van der Waals surface area contributed by atoms with Gasteiger partial charge in [0, 0.05) is 31.7 Å². The maximum atomic E-state index is 9.30. The molecule has 262 valence electrons. The van der Waals surface area contributed by atoms with Crippen molar-refractivity contribution < 1.29 is 39.7 Å². The van der Waals surface area contributed by atoms with Gasteiger partial charge in [-0.15, -0.1) is 0 Å². The van der Waals surface area contributed by atoms with E-state index in [9.17, 15) is 15.3 Å². The van der Waals surface area contributed by atoms with Crippen LogP contribution in [-0.4, -0.2) is 126 Å². The average Bonchev–Trinajstić information content (AvgIpc) is 3.49. The van der Waals surface area contributed by atoms with E-state index in [2.05, 4.69) is 25.2 Å². The molecule has 3 aliphatic heterocycles. The van der Waals surface area contributed by atoms with Crippen LogP contribution < -0.4 is 34.0 Å². The van der Waals surface area contributed by atoms with Crippen molar-refractivity contribution in [3.05, 3.63) is 11.8 Å². The number of allylic oxidation sites excluding steroid dienone is 1. The molecule has 4 aliphatic rings. The maximum absolute atomic E-state index is 9.30. The Morgan fingerprint density at radius 2 is 1.70 bits per heavy atom. The van der Waals surface area contributed by atoms with E-state index >= 15 is 0 Å². The average molecular weight is 637 g/mol. The van der Waals surface area contributed by atoms with Crippen LogP contribution >= 0.6 is 0 Å². The summed E-state index contributed by atoms with van der Waals surface area (Å²) in [5.41, 5.74) is 27.1. The number of ether oxygens (including phenoxy) is 3. The maximum Gasteiger partial charge on any atom is 0.172 e. The zero-order valence-corrected chi connectivity index (χ0v) is 26.9. The van der Waals surface area contributed by atoms with Gasteiger partial charge in [-0.25, -0.2) is 0 Å². The van der Waals surface area contributed by atoms with Gasteiger partial charge < -0.3 is 73.7 Å². The monoisotopic (exact) mass is 636 g/mol. The minimum atomic E-state index is -1.27. The first kappa shape index (κ1) is 41.0. The predicted octanol–water partition coefficient (Wildman–Crippen LogP) is -1.91. The second-order valence-corrected chi connectivity index (χ2v) is 12.2. The van der Waals surface area contributed by atoms with Crippen LogP contribution in [0, 0.1) is 5.92 Å². The third-order valence-electron chi connectivity index (χ3n) is 8.11. The largest absolute Gasteiger partial charge is 0.497 e. The van der Waals surface area contributed by atoms with Crippen LogP contribution in [0.2, 0.25) is 0 Å². The Hall–Kier alpha value is -0.980. The lowest BCUT2D eigenvalue weighted by atomic mass is 9.84.